The van der Waals surface area contributed by atoms with Crippen molar-refractivity contribution in [3.8, 4) is 5.69 Å². The van der Waals surface area contributed by atoms with Crippen LogP contribution >= 0.6 is 0 Å². The maximum absolute atomic E-state index is 11.7. The highest BCUT2D eigenvalue weighted by Gasteiger charge is 2.04. The van der Waals surface area contributed by atoms with Gasteiger partial charge >= 0.3 is 6.03 Å². The first-order chi connectivity index (χ1) is 10.7. The largest absolute Gasteiger partial charge is 0.393 e. The van der Waals surface area contributed by atoms with E-state index >= 15 is 0 Å². The third kappa shape index (κ3) is 4.89. The number of hydrogen-bond donors (Lipinski definition) is 3. The van der Waals surface area contributed by atoms with Crippen molar-refractivity contribution in [3.63, 3.8) is 0 Å². The molecular formula is C16H22N4O2. The van der Waals surface area contributed by atoms with Crippen LogP contribution in [0.15, 0.2) is 42.7 Å². The lowest BCUT2D eigenvalue weighted by atomic mass is 10.2. The van der Waals surface area contributed by atoms with E-state index in [9.17, 15) is 9.90 Å². The number of aliphatic hydroxyl groups is 1. The minimum atomic E-state index is -0.356. The first-order valence-electron chi connectivity index (χ1n) is 7.47. The second-order valence-corrected chi connectivity index (χ2v) is 5.08. The summed E-state index contributed by atoms with van der Waals surface area (Å²) in [7, 11) is 0. The highest BCUT2D eigenvalue weighted by molar-refractivity contribution is 5.73. The Morgan fingerprint density at radius 2 is 2.23 bits per heavy atom. The van der Waals surface area contributed by atoms with Crippen molar-refractivity contribution in [1.82, 2.24) is 20.4 Å². The van der Waals surface area contributed by atoms with Gasteiger partial charge < -0.3 is 15.7 Å². The zero-order valence-corrected chi connectivity index (χ0v) is 12.7. The van der Waals surface area contributed by atoms with Crippen LogP contribution in [-0.2, 0) is 6.54 Å². The van der Waals surface area contributed by atoms with E-state index in [0.29, 0.717) is 25.9 Å². The highest BCUT2D eigenvalue weighted by atomic mass is 16.3. The summed E-state index contributed by atoms with van der Waals surface area (Å²) in [5.41, 5.74) is 1.95. The summed E-state index contributed by atoms with van der Waals surface area (Å²) in [4.78, 5) is 11.7. The van der Waals surface area contributed by atoms with Gasteiger partial charge in [-0.2, -0.15) is 5.10 Å². The average Bonchev–Trinajstić information content (AvgIpc) is 3.07. The molecule has 0 spiro atoms. The van der Waals surface area contributed by atoms with Crippen LogP contribution in [0.1, 0.15) is 25.3 Å². The topological polar surface area (TPSA) is 79.2 Å². The number of urea groups is 1. The second-order valence-electron chi connectivity index (χ2n) is 5.08. The number of amides is 2. The van der Waals surface area contributed by atoms with Crippen LogP contribution in [-0.4, -0.2) is 33.6 Å². The van der Waals surface area contributed by atoms with Crippen LogP contribution in [0, 0.1) is 0 Å². The normalized spacial score (nSPS) is 11.9. The molecule has 1 aromatic carbocycles. The van der Waals surface area contributed by atoms with Crippen molar-refractivity contribution in [1.29, 1.82) is 0 Å². The molecule has 3 N–H and O–H groups in total. The predicted molar refractivity (Wildman–Crippen MR) is 84.7 cm³/mol. The Morgan fingerprint density at radius 1 is 1.36 bits per heavy atom. The fourth-order valence-corrected chi connectivity index (χ4v) is 2.03. The Balaban J connectivity index is 1.79. The Kier molecular flexibility index (Phi) is 5.97. The van der Waals surface area contributed by atoms with Crippen LogP contribution in [0.25, 0.3) is 5.69 Å². The van der Waals surface area contributed by atoms with Crippen molar-refractivity contribution in [2.45, 2.75) is 32.4 Å². The van der Waals surface area contributed by atoms with E-state index in [0.717, 1.165) is 11.3 Å². The summed E-state index contributed by atoms with van der Waals surface area (Å²) in [5.74, 6) is 0. The van der Waals surface area contributed by atoms with Crippen molar-refractivity contribution in [2.75, 3.05) is 6.54 Å². The van der Waals surface area contributed by atoms with E-state index in [1.54, 1.807) is 10.9 Å². The molecule has 0 bridgehead atoms. The van der Waals surface area contributed by atoms with E-state index in [-0.39, 0.29) is 12.1 Å². The van der Waals surface area contributed by atoms with E-state index in [2.05, 4.69) is 15.7 Å². The molecule has 0 saturated carbocycles. The van der Waals surface area contributed by atoms with Gasteiger partial charge in [0.05, 0.1) is 11.8 Å². The van der Waals surface area contributed by atoms with Gasteiger partial charge in [0.1, 0.15) is 0 Å². The molecule has 22 heavy (non-hydrogen) atoms. The molecule has 0 aliphatic rings. The smallest absolute Gasteiger partial charge is 0.315 e. The van der Waals surface area contributed by atoms with Gasteiger partial charge in [-0.05, 0) is 36.6 Å². The van der Waals surface area contributed by atoms with Gasteiger partial charge in [-0.25, -0.2) is 9.48 Å². The van der Waals surface area contributed by atoms with Gasteiger partial charge in [0.2, 0.25) is 0 Å². The number of carbonyl (C=O) groups is 1. The monoisotopic (exact) mass is 302 g/mol. The lowest BCUT2D eigenvalue weighted by Gasteiger charge is -2.10. The fraction of sp³-hybridized carbons (Fsp3) is 0.375. The van der Waals surface area contributed by atoms with Gasteiger partial charge in [0.15, 0.2) is 0 Å². The maximum atomic E-state index is 11.7. The molecular weight excluding hydrogens is 280 g/mol. The molecule has 6 nitrogen and oxygen atoms in total. The quantitative estimate of drug-likeness (QED) is 0.730. The molecule has 0 aliphatic heterocycles. The first-order valence-corrected chi connectivity index (χ1v) is 7.47. The van der Waals surface area contributed by atoms with Crippen molar-refractivity contribution in [2.24, 2.45) is 0 Å². The van der Waals surface area contributed by atoms with Crippen LogP contribution in [0.3, 0.4) is 0 Å². The minimum Gasteiger partial charge on any atom is -0.393 e. The lowest BCUT2D eigenvalue weighted by molar-refractivity contribution is 0.160. The van der Waals surface area contributed by atoms with E-state index in [1.165, 1.54) is 0 Å². The van der Waals surface area contributed by atoms with Crippen molar-refractivity contribution >= 4 is 6.03 Å². The second kappa shape index (κ2) is 8.19. The van der Waals surface area contributed by atoms with Crippen LogP contribution in [0.2, 0.25) is 0 Å². The molecule has 6 heteroatoms. The summed E-state index contributed by atoms with van der Waals surface area (Å²) in [5, 5.41) is 19.1. The fourth-order valence-electron chi connectivity index (χ4n) is 2.03. The van der Waals surface area contributed by atoms with E-state index in [1.807, 2.05) is 43.5 Å². The zero-order valence-electron chi connectivity index (χ0n) is 12.7. The number of aliphatic hydroxyl groups excluding tert-OH is 1. The summed E-state index contributed by atoms with van der Waals surface area (Å²) < 4.78 is 1.77. The van der Waals surface area contributed by atoms with Gasteiger partial charge in [-0.15, -0.1) is 0 Å². The van der Waals surface area contributed by atoms with Crippen molar-refractivity contribution < 1.29 is 9.90 Å². The van der Waals surface area contributed by atoms with E-state index in [4.69, 9.17) is 0 Å². The summed E-state index contributed by atoms with van der Waals surface area (Å²) in [6.45, 7) is 2.82. The summed E-state index contributed by atoms with van der Waals surface area (Å²) in [6, 6.07) is 9.46. The third-order valence-corrected chi connectivity index (χ3v) is 3.37. The molecule has 0 radical (unpaired) electrons. The lowest BCUT2D eigenvalue weighted by Crippen LogP contribution is -2.36. The zero-order chi connectivity index (χ0) is 15.8. The molecule has 0 aliphatic carbocycles. The standard InChI is InChI=1S/C16H22N4O2/c1-2-15(21)7-9-17-16(22)18-12-13-5-3-6-14(11-13)20-10-4-8-19-20/h3-6,8,10-11,15,21H,2,7,9,12H2,1H3,(H2,17,18,22). The Hall–Kier alpha value is -2.34. The molecule has 2 amide bonds. The number of nitrogens with one attached hydrogen (secondary N) is 2. The highest BCUT2D eigenvalue weighted by Crippen LogP contribution is 2.09. The molecule has 1 unspecified atom stereocenters. The van der Waals surface area contributed by atoms with Crippen LogP contribution < -0.4 is 10.6 Å². The van der Waals surface area contributed by atoms with Gasteiger partial charge in [0, 0.05) is 25.5 Å². The molecule has 0 fully saturated rings. The molecule has 0 saturated heterocycles. The average molecular weight is 302 g/mol. The minimum absolute atomic E-state index is 0.229. The number of rotatable bonds is 7. The SMILES string of the molecule is CCC(O)CCNC(=O)NCc1cccc(-n2cccn2)c1. The van der Waals surface area contributed by atoms with Crippen LogP contribution in [0.4, 0.5) is 4.79 Å². The number of nitrogens with zero attached hydrogens (tertiary/aromatic N) is 2. The number of benzene rings is 1. The third-order valence-electron chi connectivity index (χ3n) is 3.37. The van der Waals surface area contributed by atoms with Gasteiger partial charge in [-0.3, -0.25) is 0 Å². The summed E-state index contributed by atoms with van der Waals surface area (Å²) >= 11 is 0. The molecule has 118 valence electrons. The molecule has 1 aromatic heterocycles. The van der Waals surface area contributed by atoms with Gasteiger partial charge in [0.25, 0.3) is 0 Å². The number of hydrogen-bond acceptors (Lipinski definition) is 3. The number of carbonyl (C=O) groups excluding carboxylic acids is 1. The van der Waals surface area contributed by atoms with Gasteiger partial charge in [-0.1, -0.05) is 19.1 Å². The molecule has 1 atom stereocenters. The van der Waals surface area contributed by atoms with Crippen molar-refractivity contribution in [3.05, 3.63) is 48.3 Å². The predicted octanol–water partition coefficient (Wildman–Crippen LogP) is 1.83. The molecule has 1 heterocycles. The Bertz CT molecular complexity index is 584. The first kappa shape index (κ1) is 16.0. The maximum Gasteiger partial charge on any atom is 0.315 e. The molecule has 2 aromatic rings. The van der Waals surface area contributed by atoms with Crippen LogP contribution in [0.5, 0.6) is 0 Å². The number of aromatic nitrogens is 2. The Labute approximate surface area is 130 Å². The molecule has 2 rings (SSSR count). The van der Waals surface area contributed by atoms with E-state index < -0.39 is 0 Å². The summed E-state index contributed by atoms with van der Waals surface area (Å²) in [6.07, 6.45) is 4.51. The Morgan fingerprint density at radius 3 is 2.95 bits per heavy atom.